The molecule has 0 aromatic carbocycles. The monoisotopic (exact) mass is 584 g/mol. The summed E-state index contributed by atoms with van der Waals surface area (Å²) in [6.45, 7) is 4.59. The SMILES string of the molecule is CCCCCCCC/C=C\CCCCCCCCc1c[n+](C)c(CCCCCCCC/C=C\CCCCCCCC)[nH]1. The van der Waals surface area contributed by atoms with Crippen molar-refractivity contribution >= 4 is 0 Å². The highest BCUT2D eigenvalue weighted by Gasteiger charge is 2.11. The molecule has 0 bridgehead atoms. The minimum absolute atomic E-state index is 1.20. The van der Waals surface area contributed by atoms with Gasteiger partial charge in [0.2, 0.25) is 0 Å². The Labute approximate surface area is 264 Å². The highest BCUT2D eigenvalue weighted by molar-refractivity contribution is 4.95. The van der Waals surface area contributed by atoms with E-state index < -0.39 is 0 Å². The van der Waals surface area contributed by atoms with Crippen LogP contribution < -0.4 is 4.57 Å². The van der Waals surface area contributed by atoms with Gasteiger partial charge in [-0.15, -0.1) is 0 Å². The standard InChI is InChI=1S/C40H74N2/c1-4-6-8-10-12-14-16-18-20-22-24-26-28-30-32-34-36-39-38-42(3)40(41-39)37-35-33-31-29-27-25-23-21-19-17-15-13-11-9-7-5-2/h18-21,38H,4-17,22-37H2,1-3H3/p+1/b20-18-,21-19-. The Balaban J connectivity index is 1.90. The molecule has 0 saturated carbocycles. The Bertz CT molecular complexity index is 728. The molecule has 0 amide bonds. The second-order valence-corrected chi connectivity index (χ2v) is 13.2. The third-order valence-corrected chi connectivity index (χ3v) is 8.96. The van der Waals surface area contributed by atoms with E-state index in [0.29, 0.717) is 0 Å². The first-order valence-corrected chi connectivity index (χ1v) is 19.1. The second-order valence-electron chi connectivity index (χ2n) is 13.2. The number of aromatic amines is 1. The number of aromatic nitrogens is 2. The van der Waals surface area contributed by atoms with Gasteiger partial charge in [-0.1, -0.05) is 154 Å². The lowest BCUT2D eigenvalue weighted by molar-refractivity contribution is -0.678. The lowest BCUT2D eigenvalue weighted by Crippen LogP contribution is -2.30. The van der Waals surface area contributed by atoms with Gasteiger partial charge in [0, 0.05) is 12.8 Å². The number of H-pyrrole nitrogens is 1. The average molecular weight is 584 g/mol. The van der Waals surface area contributed by atoms with Gasteiger partial charge in [-0.05, 0) is 64.2 Å². The van der Waals surface area contributed by atoms with Crippen LogP contribution in [0, 0.1) is 0 Å². The maximum Gasteiger partial charge on any atom is 0.254 e. The molecule has 0 radical (unpaired) electrons. The molecule has 0 fully saturated rings. The van der Waals surface area contributed by atoms with Gasteiger partial charge in [0.15, 0.2) is 0 Å². The summed E-state index contributed by atoms with van der Waals surface area (Å²) >= 11 is 0. The van der Waals surface area contributed by atoms with Gasteiger partial charge in [-0.25, -0.2) is 9.55 Å². The third-order valence-electron chi connectivity index (χ3n) is 8.96. The molecule has 0 saturated heterocycles. The van der Waals surface area contributed by atoms with Gasteiger partial charge < -0.3 is 0 Å². The molecule has 1 N–H and O–H groups in total. The van der Waals surface area contributed by atoms with Crippen molar-refractivity contribution in [3.05, 3.63) is 42.0 Å². The van der Waals surface area contributed by atoms with E-state index in [9.17, 15) is 0 Å². The van der Waals surface area contributed by atoms with E-state index in [0.717, 1.165) is 0 Å². The summed E-state index contributed by atoms with van der Waals surface area (Å²) in [4.78, 5) is 3.73. The number of hydrogen-bond donors (Lipinski definition) is 1. The second kappa shape index (κ2) is 31.1. The molecule has 0 atom stereocenters. The summed E-state index contributed by atoms with van der Waals surface area (Å²) in [5, 5.41) is 0. The molecule has 0 aliphatic carbocycles. The zero-order chi connectivity index (χ0) is 30.2. The number of hydrogen-bond acceptors (Lipinski definition) is 0. The number of imidazole rings is 1. The lowest BCUT2D eigenvalue weighted by Gasteiger charge is -2.00. The fourth-order valence-electron chi connectivity index (χ4n) is 6.09. The highest BCUT2D eigenvalue weighted by atomic mass is 15.0. The van der Waals surface area contributed by atoms with Crippen LogP contribution >= 0.6 is 0 Å². The molecule has 0 unspecified atom stereocenters. The summed E-state index contributed by atoms with van der Waals surface area (Å²) in [6.07, 6.45) is 53.1. The molecule has 1 aromatic rings. The molecule has 0 aliphatic rings. The Kier molecular flexibility index (Phi) is 28.7. The van der Waals surface area contributed by atoms with E-state index in [4.69, 9.17) is 0 Å². The summed E-state index contributed by atoms with van der Waals surface area (Å²) in [5.74, 6) is 1.42. The molecular formula is C40H75N2+. The van der Waals surface area contributed by atoms with Crippen molar-refractivity contribution in [3.8, 4) is 0 Å². The van der Waals surface area contributed by atoms with Crippen molar-refractivity contribution in [1.82, 2.24) is 4.98 Å². The van der Waals surface area contributed by atoms with E-state index in [1.54, 1.807) is 0 Å². The van der Waals surface area contributed by atoms with Crippen LogP contribution in [0.15, 0.2) is 30.5 Å². The zero-order valence-electron chi connectivity index (χ0n) is 29.0. The molecule has 244 valence electrons. The van der Waals surface area contributed by atoms with Gasteiger partial charge in [-0.2, -0.15) is 0 Å². The fraction of sp³-hybridized carbons (Fsp3) is 0.825. The largest absolute Gasteiger partial charge is 0.254 e. The van der Waals surface area contributed by atoms with E-state index in [-0.39, 0.29) is 0 Å². The van der Waals surface area contributed by atoms with E-state index in [2.05, 4.69) is 60.9 Å². The van der Waals surface area contributed by atoms with Crippen LogP contribution in [0.25, 0.3) is 0 Å². The molecule has 1 aromatic heterocycles. The molecule has 1 heterocycles. The summed E-state index contributed by atoms with van der Waals surface area (Å²) in [6, 6.07) is 0. The number of allylic oxidation sites excluding steroid dienone is 4. The summed E-state index contributed by atoms with van der Waals surface area (Å²) < 4.78 is 2.34. The molecule has 0 aliphatic heterocycles. The van der Waals surface area contributed by atoms with Crippen molar-refractivity contribution in [2.75, 3.05) is 0 Å². The van der Waals surface area contributed by atoms with E-state index in [1.807, 2.05) is 0 Å². The predicted octanol–water partition coefficient (Wildman–Crippen LogP) is 13.0. The number of nitrogens with zero attached hydrogens (tertiary/aromatic N) is 1. The number of aryl methyl sites for hydroxylation is 3. The zero-order valence-corrected chi connectivity index (χ0v) is 29.0. The maximum atomic E-state index is 3.73. The smallest absolute Gasteiger partial charge is 0.245 e. The van der Waals surface area contributed by atoms with Crippen LogP contribution in [0.5, 0.6) is 0 Å². The quantitative estimate of drug-likeness (QED) is 0.0494. The van der Waals surface area contributed by atoms with E-state index in [1.165, 1.54) is 204 Å². The van der Waals surface area contributed by atoms with Crippen molar-refractivity contribution in [3.63, 3.8) is 0 Å². The Morgan fingerprint density at radius 2 is 0.786 bits per heavy atom. The van der Waals surface area contributed by atoms with Gasteiger partial charge in [-0.3, -0.25) is 0 Å². The number of nitrogens with one attached hydrogen (secondary N) is 1. The minimum atomic E-state index is 1.20. The van der Waals surface area contributed by atoms with Crippen molar-refractivity contribution in [2.45, 2.75) is 206 Å². The molecule has 2 heteroatoms. The fourth-order valence-corrected chi connectivity index (χ4v) is 6.09. The van der Waals surface area contributed by atoms with Crippen molar-refractivity contribution in [1.29, 1.82) is 0 Å². The van der Waals surface area contributed by atoms with Crippen LogP contribution in [0.2, 0.25) is 0 Å². The molecule has 0 spiro atoms. The number of unbranched alkanes of at least 4 members (excludes halogenated alkanes) is 24. The minimum Gasteiger partial charge on any atom is -0.245 e. The van der Waals surface area contributed by atoms with Gasteiger partial charge >= 0.3 is 0 Å². The summed E-state index contributed by atoms with van der Waals surface area (Å²) in [5.41, 5.74) is 1.44. The van der Waals surface area contributed by atoms with Gasteiger partial charge in [0.05, 0.1) is 7.05 Å². The molecule has 2 nitrogen and oxygen atoms in total. The molecule has 42 heavy (non-hydrogen) atoms. The van der Waals surface area contributed by atoms with Gasteiger partial charge in [0.25, 0.3) is 5.82 Å². The van der Waals surface area contributed by atoms with E-state index >= 15 is 0 Å². The number of rotatable bonds is 32. The predicted molar refractivity (Wildman–Crippen MR) is 188 cm³/mol. The highest BCUT2D eigenvalue weighted by Crippen LogP contribution is 2.13. The van der Waals surface area contributed by atoms with Crippen LogP contribution in [0.4, 0.5) is 0 Å². The normalized spacial score (nSPS) is 12.0. The molecule has 1 rings (SSSR count). The Morgan fingerprint density at radius 3 is 1.19 bits per heavy atom. The Hall–Kier alpha value is -1.31. The Morgan fingerprint density at radius 1 is 0.452 bits per heavy atom. The van der Waals surface area contributed by atoms with Crippen LogP contribution in [-0.4, -0.2) is 4.98 Å². The lowest BCUT2D eigenvalue weighted by atomic mass is 10.1. The van der Waals surface area contributed by atoms with Crippen LogP contribution in [0.3, 0.4) is 0 Å². The van der Waals surface area contributed by atoms with Crippen LogP contribution in [-0.2, 0) is 19.9 Å². The topological polar surface area (TPSA) is 19.7 Å². The van der Waals surface area contributed by atoms with Gasteiger partial charge in [0.1, 0.15) is 11.9 Å². The van der Waals surface area contributed by atoms with Crippen molar-refractivity contribution < 1.29 is 4.57 Å². The first kappa shape index (κ1) is 38.7. The first-order valence-electron chi connectivity index (χ1n) is 19.1. The van der Waals surface area contributed by atoms with Crippen molar-refractivity contribution in [2.24, 2.45) is 7.05 Å². The molecular weight excluding hydrogens is 508 g/mol. The third kappa shape index (κ3) is 25.2. The van der Waals surface area contributed by atoms with Crippen LogP contribution in [0.1, 0.15) is 205 Å². The average Bonchev–Trinajstić information content (AvgIpc) is 3.35. The maximum absolute atomic E-state index is 3.73. The first-order chi connectivity index (χ1) is 20.8. The summed E-state index contributed by atoms with van der Waals surface area (Å²) in [7, 11) is 2.22.